The molecule has 0 fully saturated rings. The third-order valence-electron chi connectivity index (χ3n) is 3.85. The Labute approximate surface area is 118 Å². The van der Waals surface area contributed by atoms with Gasteiger partial charge in [0.2, 0.25) is 0 Å². The van der Waals surface area contributed by atoms with E-state index in [1.165, 1.54) is 22.4 Å². The van der Waals surface area contributed by atoms with E-state index in [0.717, 1.165) is 12.2 Å². The molecule has 0 bridgehead atoms. The summed E-state index contributed by atoms with van der Waals surface area (Å²) in [6.45, 7) is 2.24. The van der Waals surface area contributed by atoms with Crippen LogP contribution in [0.25, 0.3) is 0 Å². The molecule has 100 valence electrons. The number of thiophene rings is 1. The molecule has 0 spiro atoms. The molecule has 3 heteroatoms. The van der Waals surface area contributed by atoms with Crippen LogP contribution in [0.5, 0.6) is 5.75 Å². The molecule has 1 N–H and O–H groups in total. The standard InChI is InChI=1S/C16H19NOS/c1-11(16-4-3-9-19-16)17-15-8-6-12-5-7-13(18-2)10-14(12)15/h3-5,7,9-11,15,17H,6,8H2,1-2H3/t11-,15?/m1/s1. The largest absolute Gasteiger partial charge is 0.497 e. The summed E-state index contributed by atoms with van der Waals surface area (Å²) in [4.78, 5) is 1.40. The lowest BCUT2D eigenvalue weighted by atomic mass is 10.1. The van der Waals surface area contributed by atoms with Crippen LogP contribution in [-0.4, -0.2) is 7.11 Å². The fraction of sp³-hybridized carbons (Fsp3) is 0.375. The van der Waals surface area contributed by atoms with Gasteiger partial charge in [-0.05, 0) is 54.5 Å². The average Bonchev–Trinajstić information content (AvgIpc) is 3.08. The number of hydrogen-bond acceptors (Lipinski definition) is 3. The highest BCUT2D eigenvalue weighted by atomic mass is 32.1. The number of aryl methyl sites for hydroxylation is 1. The Morgan fingerprint density at radius 1 is 1.37 bits per heavy atom. The molecule has 1 aromatic heterocycles. The van der Waals surface area contributed by atoms with Crippen LogP contribution in [0.3, 0.4) is 0 Å². The van der Waals surface area contributed by atoms with Crippen molar-refractivity contribution in [3.05, 3.63) is 51.7 Å². The summed E-state index contributed by atoms with van der Waals surface area (Å²) in [5.41, 5.74) is 2.86. The molecule has 0 amide bonds. The highest BCUT2D eigenvalue weighted by Crippen LogP contribution is 2.35. The van der Waals surface area contributed by atoms with Gasteiger partial charge < -0.3 is 10.1 Å². The third-order valence-corrected chi connectivity index (χ3v) is 4.91. The maximum atomic E-state index is 5.34. The minimum atomic E-state index is 0.405. The lowest BCUT2D eigenvalue weighted by Crippen LogP contribution is -2.22. The Morgan fingerprint density at radius 2 is 2.26 bits per heavy atom. The number of methoxy groups -OCH3 is 1. The van der Waals surface area contributed by atoms with Gasteiger partial charge in [0.15, 0.2) is 0 Å². The fourth-order valence-electron chi connectivity index (χ4n) is 2.80. The van der Waals surface area contributed by atoms with Crippen molar-refractivity contribution in [3.63, 3.8) is 0 Å². The second kappa shape index (κ2) is 5.35. The van der Waals surface area contributed by atoms with Crippen molar-refractivity contribution < 1.29 is 4.74 Å². The van der Waals surface area contributed by atoms with E-state index in [4.69, 9.17) is 4.74 Å². The van der Waals surface area contributed by atoms with E-state index in [9.17, 15) is 0 Å². The number of fused-ring (bicyclic) bond motifs is 1. The molecule has 3 rings (SSSR count). The first-order chi connectivity index (χ1) is 9.28. The normalized spacial score (nSPS) is 19.2. The Morgan fingerprint density at radius 3 is 3.00 bits per heavy atom. The van der Waals surface area contributed by atoms with Gasteiger partial charge in [0, 0.05) is 17.0 Å². The van der Waals surface area contributed by atoms with E-state index >= 15 is 0 Å². The van der Waals surface area contributed by atoms with Gasteiger partial charge >= 0.3 is 0 Å². The zero-order valence-electron chi connectivity index (χ0n) is 11.3. The average molecular weight is 273 g/mol. The second-order valence-electron chi connectivity index (χ2n) is 5.06. The molecule has 1 heterocycles. The van der Waals surface area contributed by atoms with Crippen molar-refractivity contribution in [1.29, 1.82) is 0 Å². The van der Waals surface area contributed by atoms with Gasteiger partial charge in [0.1, 0.15) is 5.75 Å². The van der Waals surface area contributed by atoms with Gasteiger partial charge in [-0.15, -0.1) is 11.3 Å². The number of ether oxygens (including phenoxy) is 1. The summed E-state index contributed by atoms with van der Waals surface area (Å²) >= 11 is 1.82. The van der Waals surface area contributed by atoms with Crippen molar-refractivity contribution in [1.82, 2.24) is 5.32 Å². The number of nitrogens with one attached hydrogen (secondary N) is 1. The molecule has 0 saturated carbocycles. The SMILES string of the molecule is COc1ccc2c(c1)C(N[C@H](C)c1cccs1)CC2. The van der Waals surface area contributed by atoms with E-state index < -0.39 is 0 Å². The summed E-state index contributed by atoms with van der Waals surface area (Å²) in [6, 6.07) is 11.6. The van der Waals surface area contributed by atoms with Gasteiger partial charge in [-0.2, -0.15) is 0 Å². The van der Waals surface area contributed by atoms with Gasteiger partial charge in [-0.3, -0.25) is 0 Å². The summed E-state index contributed by atoms with van der Waals surface area (Å²) in [5, 5.41) is 5.88. The molecular formula is C16H19NOS. The summed E-state index contributed by atoms with van der Waals surface area (Å²) in [7, 11) is 1.73. The lowest BCUT2D eigenvalue weighted by molar-refractivity contribution is 0.412. The molecule has 19 heavy (non-hydrogen) atoms. The molecule has 1 aliphatic carbocycles. The van der Waals surface area contributed by atoms with E-state index in [0.29, 0.717) is 12.1 Å². The van der Waals surface area contributed by atoms with Gasteiger partial charge in [0.25, 0.3) is 0 Å². The minimum Gasteiger partial charge on any atom is -0.497 e. The summed E-state index contributed by atoms with van der Waals surface area (Å²) in [5.74, 6) is 0.955. The monoisotopic (exact) mass is 273 g/mol. The summed E-state index contributed by atoms with van der Waals surface area (Å²) < 4.78 is 5.34. The Kier molecular flexibility index (Phi) is 3.58. The van der Waals surface area contributed by atoms with Crippen molar-refractivity contribution in [3.8, 4) is 5.75 Å². The number of rotatable bonds is 4. The van der Waals surface area contributed by atoms with Crippen molar-refractivity contribution in [2.45, 2.75) is 31.8 Å². The Balaban J connectivity index is 1.78. The molecule has 0 radical (unpaired) electrons. The molecule has 1 unspecified atom stereocenters. The Bertz CT molecular complexity index is 550. The lowest BCUT2D eigenvalue weighted by Gasteiger charge is -2.20. The van der Waals surface area contributed by atoms with Crippen molar-refractivity contribution in [2.75, 3.05) is 7.11 Å². The summed E-state index contributed by atoms with van der Waals surface area (Å²) in [6.07, 6.45) is 2.34. The van der Waals surface area contributed by atoms with Crippen LogP contribution in [0.1, 0.15) is 41.4 Å². The number of benzene rings is 1. The van der Waals surface area contributed by atoms with Crippen molar-refractivity contribution >= 4 is 11.3 Å². The maximum absolute atomic E-state index is 5.34. The molecule has 1 aliphatic rings. The molecule has 0 aliphatic heterocycles. The molecule has 2 nitrogen and oxygen atoms in total. The van der Waals surface area contributed by atoms with Crippen LogP contribution in [0.4, 0.5) is 0 Å². The molecule has 0 saturated heterocycles. The van der Waals surface area contributed by atoms with Crippen molar-refractivity contribution in [2.24, 2.45) is 0 Å². The second-order valence-corrected chi connectivity index (χ2v) is 6.04. The first kappa shape index (κ1) is 12.7. The molecule has 2 atom stereocenters. The topological polar surface area (TPSA) is 21.3 Å². The predicted octanol–water partition coefficient (Wildman–Crippen LogP) is 4.09. The Hall–Kier alpha value is -1.32. The van der Waals surface area contributed by atoms with Crippen LogP contribution in [0, 0.1) is 0 Å². The fourth-order valence-corrected chi connectivity index (χ4v) is 3.55. The quantitative estimate of drug-likeness (QED) is 0.905. The maximum Gasteiger partial charge on any atom is 0.119 e. The van der Waals surface area contributed by atoms with Gasteiger partial charge in [-0.1, -0.05) is 12.1 Å². The highest BCUT2D eigenvalue weighted by Gasteiger charge is 2.24. The zero-order valence-corrected chi connectivity index (χ0v) is 12.2. The zero-order chi connectivity index (χ0) is 13.2. The molecular weight excluding hydrogens is 254 g/mol. The van der Waals surface area contributed by atoms with Gasteiger partial charge in [0.05, 0.1) is 7.11 Å². The first-order valence-corrected chi connectivity index (χ1v) is 7.62. The van der Waals surface area contributed by atoms with E-state index in [1.54, 1.807) is 7.11 Å². The highest BCUT2D eigenvalue weighted by molar-refractivity contribution is 7.10. The number of hydrogen-bond donors (Lipinski definition) is 1. The van der Waals surface area contributed by atoms with Crippen LogP contribution in [-0.2, 0) is 6.42 Å². The van der Waals surface area contributed by atoms with Crippen LogP contribution in [0.15, 0.2) is 35.7 Å². The van der Waals surface area contributed by atoms with Crippen LogP contribution >= 0.6 is 11.3 Å². The van der Waals surface area contributed by atoms with Crippen LogP contribution in [0.2, 0.25) is 0 Å². The molecule has 1 aromatic carbocycles. The minimum absolute atomic E-state index is 0.405. The van der Waals surface area contributed by atoms with Crippen LogP contribution < -0.4 is 10.1 Å². The van der Waals surface area contributed by atoms with E-state index in [-0.39, 0.29) is 0 Å². The predicted molar refractivity (Wildman–Crippen MR) is 79.9 cm³/mol. The third kappa shape index (κ3) is 2.53. The first-order valence-electron chi connectivity index (χ1n) is 6.74. The van der Waals surface area contributed by atoms with E-state index in [1.807, 2.05) is 11.3 Å². The molecule has 2 aromatic rings. The van der Waals surface area contributed by atoms with Gasteiger partial charge in [-0.25, -0.2) is 0 Å². The smallest absolute Gasteiger partial charge is 0.119 e. The van der Waals surface area contributed by atoms with E-state index in [2.05, 4.69) is 48.0 Å².